The lowest BCUT2D eigenvalue weighted by Gasteiger charge is -2.31. The molecule has 2 aliphatic rings. The van der Waals surface area contributed by atoms with E-state index in [1.165, 1.54) is 9.80 Å². The highest BCUT2D eigenvalue weighted by atomic mass is 32.2. The Bertz CT molecular complexity index is 777. The first kappa shape index (κ1) is 21.6. The Balaban J connectivity index is 1.79. The zero-order chi connectivity index (χ0) is 21.1. The summed E-state index contributed by atoms with van der Waals surface area (Å²) >= 11 is 1.67. The molecule has 3 unspecified atom stereocenters. The zero-order valence-electron chi connectivity index (χ0n) is 17.6. The van der Waals surface area contributed by atoms with E-state index in [9.17, 15) is 14.4 Å². The molecule has 3 amide bonds. The van der Waals surface area contributed by atoms with E-state index in [4.69, 9.17) is 0 Å². The molecule has 1 aliphatic carbocycles. The van der Waals surface area contributed by atoms with Gasteiger partial charge >= 0.3 is 0 Å². The number of rotatable bonds is 7. The summed E-state index contributed by atoms with van der Waals surface area (Å²) in [5, 5.41) is 0. The van der Waals surface area contributed by atoms with Crippen molar-refractivity contribution in [2.24, 2.45) is 17.8 Å². The average Bonchev–Trinajstić information content (AvgIpc) is 2.97. The van der Waals surface area contributed by atoms with Gasteiger partial charge in [-0.05, 0) is 49.1 Å². The van der Waals surface area contributed by atoms with Crippen LogP contribution in [0.3, 0.4) is 0 Å². The van der Waals surface area contributed by atoms with Crippen molar-refractivity contribution in [3.05, 3.63) is 42.0 Å². The van der Waals surface area contributed by atoms with Crippen LogP contribution >= 0.6 is 11.8 Å². The van der Waals surface area contributed by atoms with Crippen molar-refractivity contribution < 1.29 is 14.4 Å². The van der Waals surface area contributed by atoms with E-state index in [-0.39, 0.29) is 35.5 Å². The summed E-state index contributed by atoms with van der Waals surface area (Å²) in [5.41, 5.74) is 1.03. The molecule has 1 aliphatic heterocycles. The fraction of sp³-hybridized carbons (Fsp3) is 0.522. The van der Waals surface area contributed by atoms with E-state index in [0.717, 1.165) is 5.56 Å². The average molecular weight is 415 g/mol. The third-order valence-corrected chi connectivity index (χ3v) is 6.53. The van der Waals surface area contributed by atoms with Gasteiger partial charge in [0.1, 0.15) is 6.04 Å². The predicted molar refractivity (Wildman–Crippen MR) is 115 cm³/mol. The Labute approximate surface area is 177 Å². The lowest BCUT2D eigenvalue weighted by atomic mass is 9.85. The molecule has 3 atom stereocenters. The summed E-state index contributed by atoms with van der Waals surface area (Å²) in [5.74, 6) is -0.943. The van der Waals surface area contributed by atoms with Gasteiger partial charge < -0.3 is 4.90 Å². The van der Waals surface area contributed by atoms with Gasteiger partial charge in [0.15, 0.2) is 0 Å². The second kappa shape index (κ2) is 9.16. The summed E-state index contributed by atoms with van der Waals surface area (Å²) in [6.45, 7) is 4.48. The monoisotopic (exact) mass is 414 g/mol. The number of likely N-dealkylation sites (tertiary alicyclic amines) is 1. The number of carbonyl (C=O) groups is 3. The van der Waals surface area contributed by atoms with Gasteiger partial charge in [-0.3, -0.25) is 19.3 Å². The standard InChI is InChI=1S/C23H30N2O3S/c1-15(2)13-20(25-21(26)18-7-5-6-8-19(18)22(25)27)23(28)24(3)14-16-9-11-17(29-4)12-10-16/h5-6,9-12,15,18-20H,7-8,13-14H2,1-4H3. The molecular weight excluding hydrogens is 384 g/mol. The molecule has 1 saturated heterocycles. The predicted octanol–water partition coefficient (Wildman–Crippen LogP) is 3.73. The number of hydrogen-bond acceptors (Lipinski definition) is 4. The van der Waals surface area contributed by atoms with Crippen molar-refractivity contribution in [1.29, 1.82) is 0 Å². The number of likely N-dealkylation sites (N-methyl/N-ethyl adjacent to an activating group) is 1. The number of imide groups is 1. The first-order valence-corrected chi connectivity index (χ1v) is 11.5. The van der Waals surface area contributed by atoms with E-state index >= 15 is 0 Å². The summed E-state index contributed by atoms with van der Waals surface area (Å²) in [7, 11) is 1.75. The number of hydrogen-bond donors (Lipinski definition) is 0. The van der Waals surface area contributed by atoms with Crippen molar-refractivity contribution in [3.63, 3.8) is 0 Å². The number of thioether (sulfide) groups is 1. The van der Waals surface area contributed by atoms with Gasteiger partial charge in [0.2, 0.25) is 17.7 Å². The topological polar surface area (TPSA) is 57.7 Å². The SMILES string of the molecule is CSc1ccc(CN(C)C(=O)C(CC(C)C)N2C(=O)C3CC=CCC3C2=O)cc1. The number of carbonyl (C=O) groups excluding carboxylic acids is 3. The maximum Gasteiger partial charge on any atom is 0.245 e. The molecule has 156 valence electrons. The highest BCUT2D eigenvalue weighted by Crippen LogP contribution is 2.37. The molecule has 1 fully saturated rings. The lowest BCUT2D eigenvalue weighted by molar-refractivity contribution is -0.152. The fourth-order valence-corrected chi connectivity index (χ4v) is 4.64. The number of allylic oxidation sites excluding steroid dienone is 2. The molecular formula is C23H30N2O3S. The Morgan fingerprint density at radius 1 is 1.10 bits per heavy atom. The molecule has 0 saturated carbocycles. The molecule has 1 aromatic rings. The normalized spacial score (nSPS) is 22.2. The van der Waals surface area contributed by atoms with Crippen LogP contribution in [0.2, 0.25) is 0 Å². The van der Waals surface area contributed by atoms with E-state index in [2.05, 4.69) is 0 Å². The van der Waals surface area contributed by atoms with Crippen LogP contribution < -0.4 is 0 Å². The molecule has 0 bridgehead atoms. The van der Waals surface area contributed by atoms with Crippen LogP contribution in [0.4, 0.5) is 0 Å². The van der Waals surface area contributed by atoms with Crippen LogP contribution in [0.15, 0.2) is 41.3 Å². The van der Waals surface area contributed by atoms with Gasteiger partial charge in [-0.25, -0.2) is 0 Å². The van der Waals surface area contributed by atoms with Crippen molar-refractivity contribution in [2.75, 3.05) is 13.3 Å². The molecule has 0 radical (unpaired) electrons. The van der Waals surface area contributed by atoms with Gasteiger partial charge in [0.05, 0.1) is 11.8 Å². The van der Waals surface area contributed by atoms with E-state index in [1.807, 2.05) is 56.5 Å². The van der Waals surface area contributed by atoms with E-state index in [0.29, 0.717) is 25.8 Å². The first-order valence-electron chi connectivity index (χ1n) is 10.2. The molecule has 1 heterocycles. The summed E-state index contributed by atoms with van der Waals surface area (Å²) in [6, 6.07) is 7.37. The molecule has 5 nitrogen and oxygen atoms in total. The van der Waals surface area contributed by atoms with Crippen molar-refractivity contribution >= 4 is 29.5 Å². The molecule has 0 aromatic heterocycles. The maximum absolute atomic E-state index is 13.3. The zero-order valence-corrected chi connectivity index (χ0v) is 18.4. The molecule has 3 rings (SSSR count). The Hall–Kier alpha value is -2.08. The summed E-state index contributed by atoms with van der Waals surface area (Å²) in [6.07, 6.45) is 7.63. The number of fused-ring (bicyclic) bond motifs is 1. The van der Waals surface area contributed by atoms with Gasteiger partial charge in [-0.1, -0.05) is 38.1 Å². The van der Waals surface area contributed by atoms with Crippen LogP contribution in [0.25, 0.3) is 0 Å². The Kier molecular flexibility index (Phi) is 6.83. The summed E-state index contributed by atoms with van der Waals surface area (Å²) < 4.78 is 0. The van der Waals surface area contributed by atoms with Crippen LogP contribution in [0.5, 0.6) is 0 Å². The highest BCUT2D eigenvalue weighted by molar-refractivity contribution is 7.98. The second-order valence-electron chi connectivity index (χ2n) is 8.39. The minimum absolute atomic E-state index is 0.166. The smallest absolute Gasteiger partial charge is 0.245 e. The summed E-state index contributed by atoms with van der Waals surface area (Å²) in [4.78, 5) is 43.5. The molecule has 1 aromatic carbocycles. The second-order valence-corrected chi connectivity index (χ2v) is 9.27. The molecule has 6 heteroatoms. The molecule has 0 N–H and O–H groups in total. The molecule has 0 spiro atoms. The highest BCUT2D eigenvalue weighted by Gasteiger charge is 2.51. The van der Waals surface area contributed by atoms with Crippen molar-refractivity contribution in [3.8, 4) is 0 Å². The van der Waals surface area contributed by atoms with Crippen molar-refractivity contribution in [1.82, 2.24) is 9.80 Å². The fourth-order valence-electron chi connectivity index (χ4n) is 4.23. The quantitative estimate of drug-likeness (QED) is 0.388. The minimum Gasteiger partial charge on any atom is -0.340 e. The molecule has 29 heavy (non-hydrogen) atoms. The van der Waals surface area contributed by atoms with Crippen LogP contribution in [0, 0.1) is 17.8 Å². The van der Waals surface area contributed by atoms with Crippen molar-refractivity contribution in [2.45, 2.75) is 50.6 Å². The van der Waals surface area contributed by atoms with Gasteiger partial charge in [0.25, 0.3) is 0 Å². The third-order valence-electron chi connectivity index (χ3n) is 5.79. The van der Waals surface area contributed by atoms with Gasteiger partial charge in [0, 0.05) is 18.5 Å². The Morgan fingerprint density at radius 2 is 1.66 bits per heavy atom. The first-order chi connectivity index (χ1) is 13.8. The number of benzene rings is 1. The van der Waals surface area contributed by atoms with E-state index in [1.54, 1.807) is 23.7 Å². The van der Waals surface area contributed by atoms with Gasteiger partial charge in [-0.2, -0.15) is 0 Å². The number of amides is 3. The van der Waals surface area contributed by atoms with Crippen LogP contribution in [0.1, 0.15) is 38.7 Å². The maximum atomic E-state index is 13.3. The minimum atomic E-state index is -0.726. The third kappa shape index (κ3) is 4.58. The van der Waals surface area contributed by atoms with Crippen LogP contribution in [-0.2, 0) is 20.9 Å². The van der Waals surface area contributed by atoms with E-state index < -0.39 is 6.04 Å². The van der Waals surface area contributed by atoms with Gasteiger partial charge in [-0.15, -0.1) is 11.8 Å². The van der Waals surface area contributed by atoms with Crippen LogP contribution in [-0.4, -0.2) is 46.9 Å². The number of nitrogens with zero attached hydrogens (tertiary/aromatic N) is 2. The lowest BCUT2D eigenvalue weighted by Crippen LogP contribution is -2.50. The Morgan fingerprint density at radius 3 is 2.14 bits per heavy atom. The largest absolute Gasteiger partial charge is 0.340 e.